The summed E-state index contributed by atoms with van der Waals surface area (Å²) in [6.07, 6.45) is 10.0. The van der Waals surface area contributed by atoms with Gasteiger partial charge in [0.05, 0.1) is 6.10 Å². The molecule has 100 valence electrons. The minimum Gasteiger partial charge on any atom is -0.380 e. The van der Waals surface area contributed by atoms with Crippen LogP contribution in [0.15, 0.2) is 0 Å². The first kappa shape index (κ1) is 13.3. The fourth-order valence-corrected chi connectivity index (χ4v) is 3.49. The van der Waals surface area contributed by atoms with E-state index in [2.05, 4.69) is 17.3 Å². The Morgan fingerprint density at radius 2 is 1.82 bits per heavy atom. The number of nitrogens with zero attached hydrogens (tertiary/aromatic N) is 1. The molecule has 3 nitrogen and oxygen atoms in total. The number of nitrogens with one attached hydrogen (secondary N) is 1. The molecular formula is C14H28N2O. The van der Waals surface area contributed by atoms with Crippen LogP contribution in [0.5, 0.6) is 0 Å². The molecule has 0 radical (unpaired) electrons. The van der Waals surface area contributed by atoms with Crippen molar-refractivity contribution in [3.8, 4) is 0 Å². The van der Waals surface area contributed by atoms with E-state index in [4.69, 9.17) is 4.74 Å². The van der Waals surface area contributed by atoms with Crippen molar-refractivity contribution in [3.63, 3.8) is 0 Å². The van der Waals surface area contributed by atoms with Gasteiger partial charge in [-0.3, -0.25) is 4.90 Å². The van der Waals surface area contributed by atoms with Crippen LogP contribution >= 0.6 is 0 Å². The first-order chi connectivity index (χ1) is 8.35. The lowest BCUT2D eigenvalue weighted by Crippen LogP contribution is -2.49. The van der Waals surface area contributed by atoms with Crippen LogP contribution in [0, 0.1) is 0 Å². The van der Waals surface area contributed by atoms with E-state index >= 15 is 0 Å². The third-order valence-electron chi connectivity index (χ3n) is 4.58. The summed E-state index contributed by atoms with van der Waals surface area (Å²) in [6, 6.07) is 1.42. The number of methoxy groups -OCH3 is 1. The fraction of sp³-hybridized carbons (Fsp3) is 1.00. The lowest BCUT2D eigenvalue weighted by atomic mass is 9.91. The Balaban J connectivity index is 1.94. The summed E-state index contributed by atoms with van der Waals surface area (Å²) in [4.78, 5) is 2.67. The van der Waals surface area contributed by atoms with Crippen molar-refractivity contribution in [2.45, 2.75) is 63.1 Å². The van der Waals surface area contributed by atoms with Gasteiger partial charge in [-0.15, -0.1) is 0 Å². The van der Waals surface area contributed by atoms with E-state index in [1.165, 1.54) is 51.5 Å². The van der Waals surface area contributed by atoms with Crippen LogP contribution < -0.4 is 5.32 Å². The van der Waals surface area contributed by atoms with Crippen molar-refractivity contribution in [1.82, 2.24) is 10.2 Å². The molecule has 3 unspecified atom stereocenters. The molecule has 1 aliphatic carbocycles. The van der Waals surface area contributed by atoms with E-state index in [-0.39, 0.29) is 0 Å². The maximum atomic E-state index is 5.49. The summed E-state index contributed by atoms with van der Waals surface area (Å²) in [5, 5.41) is 3.55. The molecule has 3 atom stereocenters. The molecule has 2 rings (SSSR count). The van der Waals surface area contributed by atoms with Crippen molar-refractivity contribution in [3.05, 3.63) is 0 Å². The molecule has 2 fully saturated rings. The lowest BCUT2D eigenvalue weighted by Gasteiger charge is -2.36. The van der Waals surface area contributed by atoms with Crippen LogP contribution in [0.2, 0.25) is 0 Å². The highest BCUT2D eigenvalue weighted by atomic mass is 16.5. The van der Waals surface area contributed by atoms with E-state index in [9.17, 15) is 0 Å². The van der Waals surface area contributed by atoms with Crippen LogP contribution in [0.3, 0.4) is 0 Å². The maximum Gasteiger partial charge on any atom is 0.0710 e. The molecule has 1 saturated carbocycles. The average molecular weight is 240 g/mol. The average Bonchev–Trinajstić information content (AvgIpc) is 2.77. The topological polar surface area (TPSA) is 24.5 Å². The summed E-state index contributed by atoms with van der Waals surface area (Å²) in [5.41, 5.74) is 0. The second-order valence-electron chi connectivity index (χ2n) is 5.60. The summed E-state index contributed by atoms with van der Waals surface area (Å²) < 4.78 is 5.49. The van der Waals surface area contributed by atoms with Gasteiger partial charge in [-0.1, -0.05) is 25.7 Å². The Bertz CT molecular complexity index is 222. The highest BCUT2D eigenvalue weighted by molar-refractivity contribution is 4.89. The number of ether oxygens (including phenoxy) is 1. The molecule has 0 aromatic carbocycles. The highest BCUT2D eigenvalue weighted by Crippen LogP contribution is 2.25. The van der Waals surface area contributed by atoms with Gasteiger partial charge in [-0.2, -0.15) is 0 Å². The zero-order valence-corrected chi connectivity index (χ0v) is 11.5. The minimum atomic E-state index is 0.470. The SMILES string of the molecule is CNC1CCCCCCC1N1CCC(OC)C1. The van der Waals surface area contributed by atoms with Crippen molar-refractivity contribution in [1.29, 1.82) is 0 Å². The second-order valence-corrected chi connectivity index (χ2v) is 5.60. The van der Waals surface area contributed by atoms with E-state index in [1.54, 1.807) is 0 Å². The Hall–Kier alpha value is -0.120. The van der Waals surface area contributed by atoms with Crippen LogP contribution in [-0.4, -0.2) is 50.3 Å². The first-order valence-electron chi connectivity index (χ1n) is 7.29. The number of likely N-dealkylation sites (N-methyl/N-ethyl adjacent to an activating group) is 1. The summed E-state index contributed by atoms with van der Waals surface area (Å²) in [7, 11) is 3.98. The Morgan fingerprint density at radius 1 is 1.06 bits per heavy atom. The number of hydrogen-bond acceptors (Lipinski definition) is 3. The van der Waals surface area contributed by atoms with Gasteiger partial charge in [-0.25, -0.2) is 0 Å². The molecule has 0 aromatic heterocycles. The fourth-order valence-electron chi connectivity index (χ4n) is 3.49. The zero-order valence-electron chi connectivity index (χ0n) is 11.5. The minimum absolute atomic E-state index is 0.470. The molecule has 17 heavy (non-hydrogen) atoms. The molecule has 0 amide bonds. The van der Waals surface area contributed by atoms with Crippen LogP contribution in [0.1, 0.15) is 44.9 Å². The Kier molecular flexibility index (Phi) is 5.26. The second kappa shape index (κ2) is 6.72. The highest BCUT2D eigenvalue weighted by Gasteiger charge is 2.32. The third-order valence-corrected chi connectivity index (χ3v) is 4.58. The van der Waals surface area contributed by atoms with Crippen molar-refractivity contribution in [2.24, 2.45) is 0 Å². The van der Waals surface area contributed by atoms with Crippen LogP contribution in [0.25, 0.3) is 0 Å². The zero-order chi connectivity index (χ0) is 12.1. The van der Waals surface area contributed by atoms with Gasteiger partial charge >= 0.3 is 0 Å². The van der Waals surface area contributed by atoms with Crippen molar-refractivity contribution >= 4 is 0 Å². The predicted molar refractivity (Wildman–Crippen MR) is 71.3 cm³/mol. The van der Waals surface area contributed by atoms with E-state index < -0.39 is 0 Å². The van der Waals surface area contributed by atoms with Gasteiger partial charge in [-0.05, 0) is 26.3 Å². The molecule has 3 heteroatoms. The van der Waals surface area contributed by atoms with Gasteiger partial charge in [0.2, 0.25) is 0 Å². The van der Waals surface area contributed by atoms with E-state index in [1.807, 2.05) is 7.11 Å². The van der Waals surface area contributed by atoms with Gasteiger partial charge < -0.3 is 10.1 Å². The molecule has 2 aliphatic rings. The molecule has 0 spiro atoms. The molecule has 0 aromatic rings. The molecule has 1 aliphatic heterocycles. The molecular weight excluding hydrogens is 212 g/mol. The quantitative estimate of drug-likeness (QED) is 0.817. The molecule has 0 bridgehead atoms. The van der Waals surface area contributed by atoms with Crippen LogP contribution in [0.4, 0.5) is 0 Å². The van der Waals surface area contributed by atoms with Crippen molar-refractivity contribution in [2.75, 3.05) is 27.2 Å². The number of likely N-dealkylation sites (tertiary alicyclic amines) is 1. The molecule has 1 N–H and O–H groups in total. The summed E-state index contributed by atoms with van der Waals surface area (Å²) in [5.74, 6) is 0. The lowest BCUT2D eigenvalue weighted by molar-refractivity contribution is 0.0912. The van der Waals surface area contributed by atoms with Gasteiger partial charge in [0.1, 0.15) is 0 Å². The Morgan fingerprint density at radius 3 is 2.47 bits per heavy atom. The molecule has 1 saturated heterocycles. The standard InChI is InChI=1S/C14H28N2O/c1-15-13-7-5-3-4-6-8-14(13)16-10-9-12(11-16)17-2/h12-15H,3-11H2,1-2H3. The number of hydrogen-bond donors (Lipinski definition) is 1. The van der Waals surface area contributed by atoms with E-state index in [0.29, 0.717) is 12.1 Å². The normalized spacial score (nSPS) is 36.7. The van der Waals surface area contributed by atoms with Gasteiger partial charge in [0.25, 0.3) is 0 Å². The maximum absolute atomic E-state index is 5.49. The largest absolute Gasteiger partial charge is 0.380 e. The van der Waals surface area contributed by atoms with Crippen LogP contribution in [-0.2, 0) is 4.74 Å². The predicted octanol–water partition coefficient (Wildman–Crippen LogP) is 2.02. The number of rotatable bonds is 3. The smallest absolute Gasteiger partial charge is 0.0710 e. The van der Waals surface area contributed by atoms with Gasteiger partial charge in [0, 0.05) is 32.3 Å². The summed E-state index contributed by atoms with van der Waals surface area (Å²) in [6.45, 7) is 2.36. The van der Waals surface area contributed by atoms with Gasteiger partial charge in [0.15, 0.2) is 0 Å². The van der Waals surface area contributed by atoms with E-state index in [0.717, 1.165) is 12.6 Å². The molecule has 1 heterocycles. The third kappa shape index (κ3) is 3.43. The summed E-state index contributed by atoms with van der Waals surface area (Å²) >= 11 is 0. The monoisotopic (exact) mass is 240 g/mol. The Labute approximate surface area is 106 Å². The first-order valence-corrected chi connectivity index (χ1v) is 7.29. The van der Waals surface area contributed by atoms with Crippen molar-refractivity contribution < 1.29 is 4.74 Å².